The van der Waals surface area contributed by atoms with E-state index < -0.39 is 0 Å². The fraction of sp³-hybridized carbons (Fsp3) is 0.667. The molecule has 3 saturated heterocycles. The van der Waals surface area contributed by atoms with Gasteiger partial charge in [0.25, 0.3) is 0 Å². The van der Waals surface area contributed by atoms with Crippen LogP contribution in [0, 0.1) is 0 Å². The number of likely N-dealkylation sites (N-methyl/N-ethyl adjacent to an activating group) is 1. The molecule has 0 bridgehead atoms. The molecule has 3 heterocycles. The summed E-state index contributed by atoms with van der Waals surface area (Å²) in [5, 5.41) is 0. The number of esters is 1. The van der Waals surface area contributed by atoms with Gasteiger partial charge in [0.2, 0.25) is 0 Å². The van der Waals surface area contributed by atoms with E-state index in [-0.39, 0.29) is 24.3 Å². The second-order valence-corrected chi connectivity index (χ2v) is 9.23. The van der Waals surface area contributed by atoms with E-state index >= 15 is 0 Å². The van der Waals surface area contributed by atoms with Crippen LogP contribution in [0.1, 0.15) is 12.0 Å². The van der Waals surface area contributed by atoms with Gasteiger partial charge < -0.3 is 19.3 Å². The summed E-state index contributed by atoms with van der Waals surface area (Å²) in [5.74, 6) is -0.211. The van der Waals surface area contributed by atoms with Gasteiger partial charge in [-0.15, -0.1) is 0 Å². The van der Waals surface area contributed by atoms with Crippen LogP contribution in [0.4, 0.5) is 4.79 Å². The molecule has 0 N–H and O–H groups in total. The molecule has 0 aliphatic carbocycles. The van der Waals surface area contributed by atoms with Crippen molar-refractivity contribution in [3.05, 3.63) is 35.9 Å². The maximum absolute atomic E-state index is 12.3. The summed E-state index contributed by atoms with van der Waals surface area (Å²) in [7, 11) is 3.26. The molecule has 0 saturated carbocycles. The number of piperazine rings is 2. The molecular weight excluding hydrogens is 422 g/mol. The van der Waals surface area contributed by atoms with Crippen LogP contribution in [-0.4, -0.2) is 128 Å². The average molecular weight is 460 g/mol. The SMILES string of the molecule is COC(=O)CN1CCN(C2OC(=O)N(C)C2CCN2CCN(Cc3ccccc3)CC2)CC1. The van der Waals surface area contributed by atoms with E-state index in [2.05, 4.69) is 49.9 Å². The number of carbonyl (C=O) groups excluding carboxylic acids is 2. The second-order valence-electron chi connectivity index (χ2n) is 9.23. The van der Waals surface area contributed by atoms with Crippen molar-refractivity contribution in [1.29, 1.82) is 0 Å². The predicted octanol–water partition coefficient (Wildman–Crippen LogP) is 0.762. The lowest BCUT2D eigenvalue weighted by Gasteiger charge is -2.39. The molecule has 4 rings (SSSR count). The number of nitrogens with zero attached hydrogens (tertiary/aromatic N) is 5. The van der Waals surface area contributed by atoms with E-state index in [0.29, 0.717) is 6.54 Å². The fourth-order valence-corrected chi connectivity index (χ4v) is 5.00. The molecule has 33 heavy (non-hydrogen) atoms. The summed E-state index contributed by atoms with van der Waals surface area (Å²) in [6, 6.07) is 10.7. The van der Waals surface area contributed by atoms with Gasteiger partial charge in [0.15, 0.2) is 6.23 Å². The molecule has 2 atom stereocenters. The Morgan fingerprint density at radius 2 is 1.61 bits per heavy atom. The van der Waals surface area contributed by atoms with Gasteiger partial charge in [0, 0.05) is 72.5 Å². The molecule has 3 aliphatic rings. The van der Waals surface area contributed by atoms with Gasteiger partial charge in [-0.05, 0) is 12.0 Å². The van der Waals surface area contributed by atoms with Gasteiger partial charge in [-0.25, -0.2) is 4.79 Å². The zero-order valence-electron chi connectivity index (χ0n) is 19.9. The highest BCUT2D eigenvalue weighted by atomic mass is 16.6. The largest absolute Gasteiger partial charge is 0.468 e. The minimum Gasteiger partial charge on any atom is -0.468 e. The fourth-order valence-electron chi connectivity index (χ4n) is 5.00. The Morgan fingerprint density at radius 3 is 2.27 bits per heavy atom. The third-order valence-corrected chi connectivity index (χ3v) is 7.14. The highest BCUT2D eigenvalue weighted by Gasteiger charge is 2.43. The normalized spacial score (nSPS) is 25.9. The number of amides is 1. The Balaban J connectivity index is 1.23. The minimum atomic E-state index is -0.241. The summed E-state index contributed by atoms with van der Waals surface area (Å²) in [4.78, 5) is 35.0. The van der Waals surface area contributed by atoms with Crippen LogP contribution in [0.2, 0.25) is 0 Å². The van der Waals surface area contributed by atoms with Crippen LogP contribution in [0.3, 0.4) is 0 Å². The standard InChI is InChI=1S/C24H37N5O4/c1-25-21(8-9-26-10-12-27(13-11-26)18-20-6-4-3-5-7-20)23(33-24(25)31)29-16-14-28(15-17-29)19-22(30)32-2/h3-7,21,23H,8-19H2,1-2H3. The minimum absolute atomic E-state index is 0.0482. The lowest BCUT2D eigenvalue weighted by atomic mass is 10.1. The lowest BCUT2D eigenvalue weighted by molar-refractivity contribution is -0.142. The molecular formula is C24H37N5O4. The zero-order chi connectivity index (χ0) is 23.2. The summed E-state index contributed by atoms with van der Waals surface area (Å²) in [6.07, 6.45) is 0.436. The molecule has 0 spiro atoms. The van der Waals surface area contributed by atoms with Crippen molar-refractivity contribution in [3.63, 3.8) is 0 Å². The predicted molar refractivity (Wildman–Crippen MR) is 125 cm³/mol. The van der Waals surface area contributed by atoms with E-state index in [4.69, 9.17) is 9.47 Å². The molecule has 0 aromatic heterocycles. The van der Waals surface area contributed by atoms with Gasteiger partial charge in [0.1, 0.15) is 0 Å². The van der Waals surface area contributed by atoms with Crippen LogP contribution in [0.25, 0.3) is 0 Å². The van der Waals surface area contributed by atoms with Crippen LogP contribution in [-0.2, 0) is 20.8 Å². The maximum atomic E-state index is 12.3. The van der Waals surface area contributed by atoms with Crippen LogP contribution in [0.15, 0.2) is 30.3 Å². The van der Waals surface area contributed by atoms with Crippen molar-refractivity contribution < 1.29 is 19.1 Å². The van der Waals surface area contributed by atoms with E-state index in [1.807, 2.05) is 7.05 Å². The Hall–Kier alpha value is -2.20. The first-order chi connectivity index (χ1) is 16.0. The topological polar surface area (TPSA) is 68.8 Å². The molecule has 3 aliphatic heterocycles. The Morgan fingerprint density at radius 1 is 0.970 bits per heavy atom. The zero-order valence-corrected chi connectivity index (χ0v) is 19.9. The van der Waals surface area contributed by atoms with Gasteiger partial charge >= 0.3 is 12.1 Å². The van der Waals surface area contributed by atoms with E-state index in [9.17, 15) is 9.59 Å². The number of methoxy groups -OCH3 is 1. The van der Waals surface area contributed by atoms with Crippen LogP contribution in [0.5, 0.6) is 0 Å². The number of benzene rings is 1. The Labute approximate surface area is 196 Å². The third-order valence-electron chi connectivity index (χ3n) is 7.14. The number of ether oxygens (including phenoxy) is 2. The van der Waals surface area contributed by atoms with Crippen molar-refractivity contribution >= 4 is 12.1 Å². The van der Waals surface area contributed by atoms with Gasteiger partial charge in [0.05, 0.1) is 19.7 Å². The first-order valence-corrected chi connectivity index (χ1v) is 12.0. The molecule has 0 radical (unpaired) electrons. The lowest BCUT2D eigenvalue weighted by Crippen LogP contribution is -2.55. The molecule has 2 unspecified atom stereocenters. The second kappa shape index (κ2) is 11.3. The summed E-state index contributed by atoms with van der Waals surface area (Å²) in [6.45, 7) is 9.60. The third kappa shape index (κ3) is 6.23. The average Bonchev–Trinajstić information content (AvgIpc) is 3.13. The van der Waals surface area contributed by atoms with E-state index in [0.717, 1.165) is 71.9 Å². The molecule has 1 aromatic carbocycles. The Bertz CT molecular complexity index is 778. The number of hydrogen-bond acceptors (Lipinski definition) is 8. The van der Waals surface area contributed by atoms with Gasteiger partial charge in [-0.2, -0.15) is 0 Å². The van der Waals surface area contributed by atoms with Crippen molar-refractivity contribution in [3.8, 4) is 0 Å². The van der Waals surface area contributed by atoms with Crippen molar-refractivity contribution in [2.24, 2.45) is 0 Å². The molecule has 9 heteroatoms. The van der Waals surface area contributed by atoms with Gasteiger partial charge in [-0.1, -0.05) is 30.3 Å². The van der Waals surface area contributed by atoms with Gasteiger partial charge in [-0.3, -0.25) is 19.5 Å². The quantitative estimate of drug-likeness (QED) is 0.528. The van der Waals surface area contributed by atoms with Crippen LogP contribution >= 0.6 is 0 Å². The molecule has 9 nitrogen and oxygen atoms in total. The molecule has 1 aromatic rings. The van der Waals surface area contributed by atoms with Crippen molar-refractivity contribution in [2.75, 3.05) is 79.6 Å². The molecule has 3 fully saturated rings. The van der Waals surface area contributed by atoms with E-state index in [1.165, 1.54) is 12.7 Å². The van der Waals surface area contributed by atoms with Crippen LogP contribution < -0.4 is 0 Å². The van der Waals surface area contributed by atoms with Crippen molar-refractivity contribution in [2.45, 2.75) is 25.2 Å². The Kier molecular flexibility index (Phi) is 8.19. The number of carbonyl (C=O) groups is 2. The smallest absolute Gasteiger partial charge is 0.411 e. The summed E-state index contributed by atoms with van der Waals surface area (Å²) in [5.41, 5.74) is 1.36. The molecule has 182 valence electrons. The maximum Gasteiger partial charge on any atom is 0.411 e. The highest BCUT2D eigenvalue weighted by Crippen LogP contribution is 2.25. The number of rotatable bonds is 8. The number of hydrogen-bond donors (Lipinski definition) is 0. The summed E-state index contributed by atoms with van der Waals surface area (Å²) < 4.78 is 10.5. The first-order valence-electron chi connectivity index (χ1n) is 12.0. The highest BCUT2D eigenvalue weighted by molar-refractivity contribution is 5.71. The summed E-state index contributed by atoms with van der Waals surface area (Å²) >= 11 is 0. The monoisotopic (exact) mass is 459 g/mol. The molecule has 1 amide bonds. The number of cyclic esters (lactones) is 1. The van der Waals surface area contributed by atoms with Crippen molar-refractivity contribution in [1.82, 2.24) is 24.5 Å². The van der Waals surface area contributed by atoms with E-state index in [1.54, 1.807) is 4.90 Å². The first kappa shape index (κ1) is 23.9.